The van der Waals surface area contributed by atoms with Crippen LogP contribution in [0.3, 0.4) is 0 Å². The number of fused-ring (bicyclic) bond motifs is 3. The first-order valence-corrected chi connectivity index (χ1v) is 9.81. The Bertz CT molecular complexity index is 1260. The molecule has 0 spiro atoms. The number of furan rings is 1. The van der Waals surface area contributed by atoms with E-state index in [1.807, 2.05) is 36.4 Å². The lowest BCUT2D eigenvalue weighted by molar-refractivity contribution is -0.114. The second kappa shape index (κ2) is 8.39. The molecular formula is C24H23N3O4. The van der Waals surface area contributed by atoms with E-state index in [0.29, 0.717) is 28.3 Å². The maximum absolute atomic E-state index is 12.4. The van der Waals surface area contributed by atoms with Gasteiger partial charge in [-0.15, -0.1) is 0 Å². The van der Waals surface area contributed by atoms with E-state index in [-0.39, 0.29) is 18.4 Å². The summed E-state index contributed by atoms with van der Waals surface area (Å²) in [4.78, 5) is 25.9. The molecule has 0 aliphatic rings. The zero-order chi connectivity index (χ0) is 22.0. The Morgan fingerprint density at radius 1 is 0.968 bits per heavy atom. The molecule has 158 valence electrons. The minimum atomic E-state index is -0.224. The van der Waals surface area contributed by atoms with E-state index in [2.05, 4.69) is 10.6 Å². The van der Waals surface area contributed by atoms with Crippen LogP contribution in [0.2, 0.25) is 0 Å². The number of carbonyl (C=O) groups is 2. The lowest BCUT2D eigenvalue weighted by Gasteiger charge is -2.12. The molecule has 4 rings (SSSR count). The number of benzene rings is 3. The molecule has 0 saturated heterocycles. The molecule has 2 amide bonds. The van der Waals surface area contributed by atoms with Gasteiger partial charge in [0.15, 0.2) is 0 Å². The number of hydrogen-bond acceptors (Lipinski definition) is 5. The van der Waals surface area contributed by atoms with Gasteiger partial charge in [-0.05, 0) is 36.4 Å². The summed E-state index contributed by atoms with van der Waals surface area (Å²) in [7, 11) is 4.98. The van der Waals surface area contributed by atoms with Gasteiger partial charge in [0.2, 0.25) is 5.91 Å². The summed E-state index contributed by atoms with van der Waals surface area (Å²) in [6, 6.07) is 18.3. The molecule has 3 aromatic carbocycles. The third kappa shape index (κ3) is 4.16. The number of anilines is 2. The highest BCUT2D eigenvalue weighted by Crippen LogP contribution is 2.36. The Balaban J connectivity index is 1.46. The Morgan fingerprint density at radius 2 is 1.71 bits per heavy atom. The number of amides is 2. The molecule has 1 heterocycles. The molecule has 0 aliphatic carbocycles. The van der Waals surface area contributed by atoms with E-state index >= 15 is 0 Å². The van der Waals surface area contributed by atoms with Gasteiger partial charge in [-0.1, -0.05) is 18.2 Å². The molecule has 0 saturated carbocycles. The van der Waals surface area contributed by atoms with Crippen molar-refractivity contribution in [2.75, 3.05) is 38.4 Å². The third-order valence-corrected chi connectivity index (χ3v) is 4.96. The van der Waals surface area contributed by atoms with Crippen molar-refractivity contribution in [3.63, 3.8) is 0 Å². The fraction of sp³-hybridized carbons (Fsp3) is 0.167. The molecule has 0 fully saturated rings. The van der Waals surface area contributed by atoms with Gasteiger partial charge < -0.3 is 24.7 Å². The van der Waals surface area contributed by atoms with Crippen LogP contribution < -0.4 is 15.4 Å². The van der Waals surface area contributed by atoms with Crippen LogP contribution in [0.5, 0.6) is 5.75 Å². The van der Waals surface area contributed by atoms with Gasteiger partial charge in [-0.2, -0.15) is 0 Å². The van der Waals surface area contributed by atoms with Crippen LogP contribution >= 0.6 is 0 Å². The van der Waals surface area contributed by atoms with Gasteiger partial charge in [0.1, 0.15) is 16.9 Å². The van der Waals surface area contributed by atoms with Crippen LogP contribution in [0.1, 0.15) is 10.4 Å². The van der Waals surface area contributed by atoms with Gasteiger partial charge in [-0.25, -0.2) is 0 Å². The zero-order valence-corrected chi connectivity index (χ0v) is 17.6. The van der Waals surface area contributed by atoms with Crippen molar-refractivity contribution < 1.29 is 18.7 Å². The Labute approximate surface area is 179 Å². The second-order valence-corrected chi connectivity index (χ2v) is 7.33. The normalized spacial score (nSPS) is 10.8. The quantitative estimate of drug-likeness (QED) is 0.487. The average Bonchev–Trinajstić information content (AvgIpc) is 3.14. The van der Waals surface area contributed by atoms with Crippen LogP contribution in [-0.4, -0.2) is 44.5 Å². The van der Waals surface area contributed by atoms with Crippen molar-refractivity contribution >= 4 is 45.1 Å². The van der Waals surface area contributed by atoms with Crippen molar-refractivity contribution in [1.29, 1.82) is 0 Å². The minimum absolute atomic E-state index is 0.0421. The highest BCUT2D eigenvalue weighted by Gasteiger charge is 2.13. The van der Waals surface area contributed by atoms with E-state index in [9.17, 15) is 9.59 Å². The lowest BCUT2D eigenvalue weighted by Crippen LogP contribution is -2.23. The number of para-hydroxylation sites is 1. The highest BCUT2D eigenvalue weighted by atomic mass is 16.5. The number of methoxy groups -OCH3 is 1. The summed E-state index contributed by atoms with van der Waals surface area (Å²) >= 11 is 0. The van der Waals surface area contributed by atoms with Gasteiger partial charge >= 0.3 is 0 Å². The van der Waals surface area contributed by atoms with Crippen LogP contribution in [0.4, 0.5) is 11.4 Å². The van der Waals surface area contributed by atoms with Crippen molar-refractivity contribution in [2.24, 2.45) is 0 Å². The predicted molar refractivity (Wildman–Crippen MR) is 122 cm³/mol. The second-order valence-electron chi connectivity index (χ2n) is 7.33. The predicted octanol–water partition coefficient (Wildman–Crippen LogP) is 4.35. The fourth-order valence-corrected chi connectivity index (χ4v) is 3.39. The summed E-state index contributed by atoms with van der Waals surface area (Å²) < 4.78 is 11.4. The first-order valence-electron chi connectivity index (χ1n) is 9.81. The molecule has 2 N–H and O–H groups in total. The van der Waals surface area contributed by atoms with E-state index < -0.39 is 0 Å². The SMILES string of the molecule is COc1cc2c(cc1NCC(=O)Nc1ccc(C(=O)N(C)C)cc1)oc1ccccc12. The molecule has 31 heavy (non-hydrogen) atoms. The molecular weight excluding hydrogens is 394 g/mol. The number of carbonyl (C=O) groups excluding carboxylic acids is 2. The standard InChI is InChI=1S/C24H23N3O4/c1-27(2)24(29)15-8-10-16(11-9-15)26-23(28)14-25-19-13-21-18(12-22(19)30-3)17-6-4-5-7-20(17)31-21/h4-13,25H,14H2,1-3H3,(H,26,28). The minimum Gasteiger partial charge on any atom is -0.495 e. The summed E-state index contributed by atoms with van der Waals surface area (Å²) in [6.07, 6.45) is 0. The largest absolute Gasteiger partial charge is 0.495 e. The molecule has 7 heteroatoms. The lowest BCUT2D eigenvalue weighted by atomic mass is 10.1. The molecule has 0 radical (unpaired) electrons. The summed E-state index contributed by atoms with van der Waals surface area (Å²) in [5.41, 5.74) is 3.35. The molecule has 0 aliphatic heterocycles. The van der Waals surface area contributed by atoms with Gasteiger partial charge in [-0.3, -0.25) is 9.59 Å². The van der Waals surface area contributed by atoms with Crippen LogP contribution in [0.25, 0.3) is 21.9 Å². The van der Waals surface area contributed by atoms with Crippen LogP contribution in [0.15, 0.2) is 65.1 Å². The van der Waals surface area contributed by atoms with E-state index in [4.69, 9.17) is 9.15 Å². The molecule has 0 atom stereocenters. The van der Waals surface area contributed by atoms with Crippen molar-refractivity contribution in [1.82, 2.24) is 4.90 Å². The highest BCUT2D eigenvalue weighted by molar-refractivity contribution is 6.07. The molecule has 0 unspecified atom stereocenters. The van der Waals surface area contributed by atoms with E-state index in [0.717, 1.165) is 16.4 Å². The summed E-state index contributed by atoms with van der Waals surface area (Å²) in [5, 5.41) is 7.88. The van der Waals surface area contributed by atoms with E-state index in [1.165, 1.54) is 4.90 Å². The van der Waals surface area contributed by atoms with Gasteiger partial charge in [0, 0.05) is 42.2 Å². The fourth-order valence-electron chi connectivity index (χ4n) is 3.39. The molecule has 1 aromatic heterocycles. The number of hydrogen-bond donors (Lipinski definition) is 2. The smallest absolute Gasteiger partial charge is 0.253 e. The third-order valence-electron chi connectivity index (χ3n) is 4.96. The van der Waals surface area contributed by atoms with Gasteiger partial charge in [0.25, 0.3) is 5.91 Å². The molecule has 4 aromatic rings. The average molecular weight is 417 g/mol. The van der Waals surface area contributed by atoms with Crippen molar-refractivity contribution in [3.05, 3.63) is 66.2 Å². The van der Waals surface area contributed by atoms with Crippen LogP contribution in [-0.2, 0) is 4.79 Å². The van der Waals surface area contributed by atoms with Crippen molar-refractivity contribution in [2.45, 2.75) is 0 Å². The summed E-state index contributed by atoms with van der Waals surface area (Å²) in [5.74, 6) is 0.310. The Morgan fingerprint density at radius 3 is 2.42 bits per heavy atom. The number of nitrogens with zero attached hydrogens (tertiary/aromatic N) is 1. The zero-order valence-electron chi connectivity index (χ0n) is 17.6. The number of rotatable bonds is 6. The number of nitrogens with one attached hydrogen (secondary N) is 2. The maximum atomic E-state index is 12.4. The number of ether oxygens (including phenoxy) is 1. The van der Waals surface area contributed by atoms with Gasteiger partial charge in [0.05, 0.1) is 19.3 Å². The maximum Gasteiger partial charge on any atom is 0.253 e. The summed E-state index contributed by atoms with van der Waals surface area (Å²) in [6.45, 7) is 0.0421. The van der Waals surface area contributed by atoms with Crippen molar-refractivity contribution in [3.8, 4) is 5.75 Å². The molecule has 7 nitrogen and oxygen atoms in total. The first kappa shape index (κ1) is 20.3. The monoisotopic (exact) mass is 417 g/mol. The Hall–Kier alpha value is -4.00. The molecule has 0 bridgehead atoms. The van der Waals surface area contributed by atoms with E-state index in [1.54, 1.807) is 45.5 Å². The van der Waals surface area contributed by atoms with Crippen LogP contribution in [0, 0.1) is 0 Å². The topological polar surface area (TPSA) is 83.8 Å². The Kier molecular flexibility index (Phi) is 5.49. The first-order chi connectivity index (χ1) is 15.0.